The molecule has 0 aromatic heterocycles. The molecule has 3 aliphatic heterocycles. The van der Waals surface area contributed by atoms with Gasteiger partial charge in [-0.25, -0.2) is 0 Å². The highest BCUT2D eigenvalue weighted by Gasteiger charge is 2.42. The molecule has 0 bridgehead atoms. The molecule has 5 rings (SSSR count). The standard InChI is InChI=1S/C32H39N2O.C5H7NO3/c1-31(2)25-17-11-13-19-27(25)33(5)29(31)21-9-8-10-22-30-32(3,4)26-18-12-14-20-28(26)34(30)23-15-6-7-16-24-35;1-9-6-4(7)2-3-5(6)8/h8-14,17-22,24H,6-7,15-16,23H2,1-5H3;2-3H2,1H3/q+1;. The van der Waals surface area contributed by atoms with Crippen LogP contribution in [0.1, 0.15) is 77.3 Å². The Labute approximate surface area is 262 Å². The molecule has 2 amide bonds. The summed E-state index contributed by atoms with van der Waals surface area (Å²) < 4.78 is 2.31. The quantitative estimate of drug-likeness (QED) is 0.0977. The van der Waals surface area contributed by atoms with Crippen LogP contribution in [0, 0.1) is 0 Å². The van der Waals surface area contributed by atoms with Gasteiger partial charge in [0.15, 0.2) is 5.71 Å². The first-order chi connectivity index (χ1) is 21.1. The highest BCUT2D eigenvalue weighted by atomic mass is 16.7. The third-order valence-electron chi connectivity index (χ3n) is 8.86. The van der Waals surface area contributed by atoms with Crippen molar-refractivity contribution in [3.63, 3.8) is 0 Å². The Bertz CT molecular complexity index is 1500. The summed E-state index contributed by atoms with van der Waals surface area (Å²) in [5, 5.41) is 0.792. The summed E-state index contributed by atoms with van der Waals surface area (Å²) in [7, 11) is 3.46. The second-order valence-corrected chi connectivity index (χ2v) is 12.5. The summed E-state index contributed by atoms with van der Waals surface area (Å²) in [6.07, 6.45) is 16.4. The summed E-state index contributed by atoms with van der Waals surface area (Å²) in [6, 6.07) is 17.4. The van der Waals surface area contributed by atoms with Crippen LogP contribution < -0.4 is 4.90 Å². The molecule has 0 N–H and O–H groups in total. The lowest BCUT2D eigenvalue weighted by molar-refractivity contribution is -0.401. The van der Waals surface area contributed by atoms with Gasteiger partial charge in [-0.3, -0.25) is 14.4 Å². The molecular formula is C37H46N3O4+. The minimum Gasteiger partial charge on any atom is -0.344 e. The van der Waals surface area contributed by atoms with Gasteiger partial charge in [-0.1, -0.05) is 74.9 Å². The van der Waals surface area contributed by atoms with Crippen LogP contribution in [0.5, 0.6) is 0 Å². The van der Waals surface area contributed by atoms with Crippen molar-refractivity contribution < 1.29 is 23.8 Å². The lowest BCUT2D eigenvalue weighted by Crippen LogP contribution is -2.27. The molecule has 7 nitrogen and oxygen atoms in total. The summed E-state index contributed by atoms with van der Waals surface area (Å²) >= 11 is 0. The summed E-state index contributed by atoms with van der Waals surface area (Å²) in [5.41, 5.74) is 7.94. The predicted molar refractivity (Wildman–Crippen MR) is 176 cm³/mol. The summed E-state index contributed by atoms with van der Waals surface area (Å²) in [5.74, 6) is -0.495. The molecule has 0 saturated carbocycles. The Kier molecular flexibility index (Phi) is 10.5. The molecule has 1 saturated heterocycles. The van der Waals surface area contributed by atoms with Crippen molar-refractivity contribution in [2.75, 3.05) is 25.6 Å². The Morgan fingerprint density at radius 1 is 0.841 bits per heavy atom. The largest absolute Gasteiger partial charge is 0.344 e. The van der Waals surface area contributed by atoms with E-state index in [2.05, 4.69) is 128 Å². The number of hydrogen-bond donors (Lipinski definition) is 0. The van der Waals surface area contributed by atoms with E-state index in [-0.39, 0.29) is 35.5 Å². The van der Waals surface area contributed by atoms with E-state index in [0.717, 1.165) is 37.2 Å². The molecule has 1 fully saturated rings. The first-order valence-electron chi connectivity index (χ1n) is 15.5. The molecule has 232 valence electrons. The minimum absolute atomic E-state index is 0.0100. The molecular weight excluding hydrogens is 550 g/mol. The van der Waals surface area contributed by atoms with E-state index >= 15 is 0 Å². The van der Waals surface area contributed by atoms with Crippen LogP contribution >= 0.6 is 0 Å². The Balaban J connectivity index is 0.000000421. The van der Waals surface area contributed by atoms with E-state index < -0.39 is 0 Å². The van der Waals surface area contributed by atoms with Gasteiger partial charge in [0.25, 0.3) is 11.8 Å². The SMILES string of the molecule is CON1C(=O)CCC1=O.C[N+]1=C(/C=C/C=C/C=C2/N(CCCCCC=O)c3ccccc3C2(C)C)C(C)(C)c2ccccc21. The second-order valence-electron chi connectivity index (χ2n) is 12.5. The maximum atomic E-state index is 10.7. The molecule has 2 aromatic rings. The topological polar surface area (TPSA) is 69.9 Å². The second kappa shape index (κ2) is 14.1. The zero-order valence-corrected chi connectivity index (χ0v) is 27.0. The molecule has 0 radical (unpaired) electrons. The van der Waals surface area contributed by atoms with Gasteiger partial charge in [0.05, 0.1) is 12.5 Å². The zero-order valence-electron chi connectivity index (χ0n) is 27.0. The molecule has 0 aliphatic carbocycles. The Morgan fingerprint density at radius 3 is 2.14 bits per heavy atom. The Hall–Kier alpha value is -4.10. The summed E-state index contributed by atoms with van der Waals surface area (Å²) in [4.78, 5) is 38.8. The Morgan fingerprint density at radius 2 is 1.50 bits per heavy atom. The van der Waals surface area contributed by atoms with Crippen molar-refractivity contribution in [3.05, 3.63) is 95.7 Å². The fourth-order valence-electron chi connectivity index (χ4n) is 6.48. The average Bonchev–Trinajstić information content (AvgIpc) is 3.52. The van der Waals surface area contributed by atoms with E-state index in [1.807, 2.05) is 0 Å². The van der Waals surface area contributed by atoms with Crippen LogP contribution in [0.15, 0.2) is 84.6 Å². The number of allylic oxidation sites excluding steroid dienone is 6. The van der Waals surface area contributed by atoms with Crippen LogP contribution in [-0.2, 0) is 30.1 Å². The van der Waals surface area contributed by atoms with Crippen molar-refractivity contribution in [1.82, 2.24) is 5.06 Å². The van der Waals surface area contributed by atoms with Crippen LogP contribution in [-0.4, -0.2) is 54.2 Å². The van der Waals surface area contributed by atoms with Gasteiger partial charge < -0.3 is 9.69 Å². The van der Waals surface area contributed by atoms with Gasteiger partial charge in [-0.15, -0.1) is 0 Å². The first-order valence-corrected chi connectivity index (χ1v) is 15.5. The molecule has 44 heavy (non-hydrogen) atoms. The fourth-order valence-corrected chi connectivity index (χ4v) is 6.48. The van der Waals surface area contributed by atoms with Gasteiger partial charge in [0.2, 0.25) is 5.69 Å². The molecule has 3 aliphatic rings. The van der Waals surface area contributed by atoms with Gasteiger partial charge >= 0.3 is 0 Å². The van der Waals surface area contributed by atoms with Gasteiger partial charge in [-0.2, -0.15) is 9.64 Å². The molecule has 7 heteroatoms. The third-order valence-corrected chi connectivity index (χ3v) is 8.86. The zero-order chi connectivity index (χ0) is 31.9. The minimum atomic E-state index is -0.248. The summed E-state index contributed by atoms with van der Waals surface area (Å²) in [6.45, 7) is 10.2. The van der Waals surface area contributed by atoms with Crippen LogP contribution in [0.3, 0.4) is 0 Å². The monoisotopic (exact) mass is 596 g/mol. The van der Waals surface area contributed by atoms with Crippen LogP contribution in [0.4, 0.5) is 11.4 Å². The van der Waals surface area contributed by atoms with Gasteiger partial charge in [0, 0.05) is 60.3 Å². The van der Waals surface area contributed by atoms with Crippen molar-refractivity contribution in [3.8, 4) is 0 Å². The highest BCUT2D eigenvalue weighted by Crippen LogP contribution is 2.47. The van der Waals surface area contributed by atoms with Crippen molar-refractivity contribution >= 4 is 35.2 Å². The number of benzene rings is 2. The van der Waals surface area contributed by atoms with Gasteiger partial charge in [-0.05, 0) is 44.4 Å². The number of aldehydes is 1. The third kappa shape index (κ3) is 6.68. The molecule has 0 spiro atoms. The normalized spacial score (nSPS) is 19.3. The number of carbonyl (C=O) groups excluding carboxylic acids is 3. The van der Waals surface area contributed by atoms with Crippen molar-refractivity contribution in [2.45, 2.75) is 77.0 Å². The van der Waals surface area contributed by atoms with Crippen molar-refractivity contribution in [1.29, 1.82) is 0 Å². The number of rotatable bonds is 10. The average molecular weight is 597 g/mol. The lowest BCUT2D eigenvalue weighted by atomic mass is 9.81. The molecule has 2 aromatic carbocycles. The molecule has 3 heterocycles. The number of para-hydroxylation sites is 2. The number of amides is 2. The van der Waals surface area contributed by atoms with Crippen LogP contribution in [0.2, 0.25) is 0 Å². The maximum Gasteiger partial charge on any atom is 0.253 e. The lowest BCUT2D eigenvalue weighted by Gasteiger charge is -2.27. The predicted octanol–water partition coefficient (Wildman–Crippen LogP) is 6.94. The van der Waals surface area contributed by atoms with Crippen molar-refractivity contribution in [2.24, 2.45) is 0 Å². The number of nitrogens with zero attached hydrogens (tertiary/aromatic N) is 3. The number of imide groups is 1. The van der Waals surface area contributed by atoms with E-state index in [4.69, 9.17) is 0 Å². The smallest absolute Gasteiger partial charge is 0.253 e. The van der Waals surface area contributed by atoms with E-state index in [9.17, 15) is 14.4 Å². The van der Waals surface area contributed by atoms with E-state index in [1.54, 1.807) is 0 Å². The number of fused-ring (bicyclic) bond motifs is 2. The van der Waals surface area contributed by atoms with E-state index in [0.29, 0.717) is 6.42 Å². The molecule has 0 unspecified atom stereocenters. The maximum absolute atomic E-state index is 10.7. The number of anilines is 1. The number of unbranched alkanes of at least 4 members (excludes halogenated alkanes) is 3. The first kappa shape index (κ1) is 32.8. The number of hydroxylamine groups is 2. The number of hydrogen-bond acceptors (Lipinski definition) is 5. The van der Waals surface area contributed by atoms with E-state index in [1.165, 1.54) is 41.0 Å². The van der Waals surface area contributed by atoms with Crippen LogP contribution in [0.25, 0.3) is 0 Å². The highest BCUT2D eigenvalue weighted by molar-refractivity contribution is 6.03. The fraction of sp³-hybridized carbons (Fsp3) is 0.405. The molecule has 0 atom stereocenters. The van der Waals surface area contributed by atoms with Gasteiger partial charge in [0.1, 0.15) is 13.3 Å². The number of carbonyl (C=O) groups is 3.